The van der Waals surface area contributed by atoms with Gasteiger partial charge in [-0.15, -0.1) is 0 Å². The Hall–Kier alpha value is -2.37. The van der Waals surface area contributed by atoms with E-state index < -0.39 is 11.8 Å². The highest BCUT2D eigenvalue weighted by molar-refractivity contribution is 6.40. The number of benzene rings is 2. The maximum absolute atomic E-state index is 11.8. The van der Waals surface area contributed by atoms with E-state index in [0.29, 0.717) is 21.3 Å². The number of halogens is 2. The van der Waals surface area contributed by atoms with Crippen LogP contribution in [0.4, 0.5) is 5.69 Å². The van der Waals surface area contributed by atoms with Crippen LogP contribution in [0.3, 0.4) is 0 Å². The first-order valence-electron chi connectivity index (χ1n) is 7.04. The Morgan fingerprint density at radius 2 is 1.67 bits per heavy atom. The van der Waals surface area contributed by atoms with Crippen LogP contribution in [-0.2, 0) is 9.59 Å². The molecule has 0 unspecified atom stereocenters. The Balaban J connectivity index is 1.98. The number of carbonyl (C=O) groups excluding carboxylic acids is 2. The number of amides is 2. The summed E-state index contributed by atoms with van der Waals surface area (Å²) in [6.07, 6.45) is 1.28. The molecule has 0 fully saturated rings. The van der Waals surface area contributed by atoms with Crippen LogP contribution in [0.5, 0.6) is 0 Å². The minimum atomic E-state index is -0.896. The number of nitrogens with one attached hydrogen (secondary N) is 2. The van der Waals surface area contributed by atoms with E-state index >= 15 is 0 Å². The molecule has 0 aliphatic rings. The van der Waals surface area contributed by atoms with Crippen molar-refractivity contribution >= 4 is 46.9 Å². The van der Waals surface area contributed by atoms with Gasteiger partial charge in [0.25, 0.3) is 0 Å². The van der Waals surface area contributed by atoms with Gasteiger partial charge in [-0.25, -0.2) is 5.43 Å². The van der Waals surface area contributed by atoms with E-state index in [1.165, 1.54) is 6.21 Å². The molecule has 0 aliphatic carbocycles. The molecule has 0 spiro atoms. The van der Waals surface area contributed by atoms with Gasteiger partial charge in [-0.2, -0.15) is 5.10 Å². The second-order valence-corrected chi connectivity index (χ2v) is 5.90. The fraction of sp³-hybridized carbons (Fsp3) is 0.118. The van der Waals surface area contributed by atoms with Crippen molar-refractivity contribution in [2.45, 2.75) is 13.8 Å². The molecule has 24 heavy (non-hydrogen) atoms. The third-order valence-corrected chi connectivity index (χ3v) is 3.99. The minimum absolute atomic E-state index is 0.389. The number of anilines is 1. The highest BCUT2D eigenvalue weighted by Crippen LogP contribution is 2.22. The normalized spacial score (nSPS) is 10.7. The molecule has 5 nitrogen and oxygen atoms in total. The largest absolute Gasteiger partial charge is 0.329 e. The topological polar surface area (TPSA) is 70.6 Å². The zero-order valence-corrected chi connectivity index (χ0v) is 14.6. The average molecular weight is 364 g/mol. The SMILES string of the molecule is Cc1ccc(NC(=O)C(=O)N/N=C\c2c(Cl)cccc2Cl)cc1C. The highest BCUT2D eigenvalue weighted by atomic mass is 35.5. The van der Waals surface area contributed by atoms with Gasteiger partial charge in [-0.3, -0.25) is 9.59 Å². The van der Waals surface area contributed by atoms with E-state index in [-0.39, 0.29) is 0 Å². The van der Waals surface area contributed by atoms with Gasteiger partial charge in [-0.05, 0) is 49.2 Å². The van der Waals surface area contributed by atoms with Crippen LogP contribution in [0.1, 0.15) is 16.7 Å². The smallest absolute Gasteiger partial charge is 0.318 e. The Kier molecular flexibility index (Phi) is 5.95. The quantitative estimate of drug-likeness (QED) is 0.495. The van der Waals surface area contributed by atoms with Crippen molar-refractivity contribution < 1.29 is 9.59 Å². The third-order valence-electron chi connectivity index (χ3n) is 3.33. The van der Waals surface area contributed by atoms with E-state index in [1.807, 2.05) is 19.9 Å². The Labute approximate surface area is 149 Å². The van der Waals surface area contributed by atoms with Crippen LogP contribution < -0.4 is 10.7 Å². The molecule has 0 heterocycles. The van der Waals surface area contributed by atoms with Crippen molar-refractivity contribution in [2.75, 3.05) is 5.32 Å². The number of carbonyl (C=O) groups is 2. The number of aryl methyl sites for hydroxylation is 2. The average Bonchev–Trinajstić information content (AvgIpc) is 2.53. The minimum Gasteiger partial charge on any atom is -0.318 e. The summed E-state index contributed by atoms with van der Waals surface area (Å²) >= 11 is 11.9. The molecule has 2 N–H and O–H groups in total. The predicted molar refractivity (Wildman–Crippen MR) is 96.7 cm³/mol. The maximum atomic E-state index is 11.8. The van der Waals surface area contributed by atoms with Gasteiger partial charge in [0.05, 0.1) is 16.3 Å². The zero-order valence-electron chi connectivity index (χ0n) is 13.1. The Morgan fingerprint density at radius 1 is 1.00 bits per heavy atom. The molecule has 0 aromatic heterocycles. The molecule has 0 saturated carbocycles. The molecule has 2 rings (SSSR count). The predicted octanol–water partition coefficient (Wildman–Crippen LogP) is 3.70. The molecule has 2 aromatic rings. The molecule has 2 amide bonds. The van der Waals surface area contributed by atoms with Crippen LogP contribution in [0.2, 0.25) is 10.0 Å². The van der Waals surface area contributed by atoms with Gasteiger partial charge in [0.15, 0.2) is 0 Å². The fourth-order valence-corrected chi connectivity index (χ4v) is 2.34. The third kappa shape index (κ3) is 4.57. The standard InChI is InChI=1S/C17H15Cl2N3O2/c1-10-6-7-12(8-11(10)2)21-16(23)17(24)22-20-9-13-14(18)4-3-5-15(13)19/h3-9H,1-2H3,(H,21,23)(H,22,24)/b20-9-. The van der Waals surface area contributed by atoms with Crippen molar-refractivity contribution in [1.29, 1.82) is 0 Å². The highest BCUT2D eigenvalue weighted by Gasteiger charge is 2.13. The van der Waals surface area contributed by atoms with E-state index in [1.54, 1.807) is 30.3 Å². The van der Waals surface area contributed by atoms with Crippen molar-refractivity contribution in [3.8, 4) is 0 Å². The van der Waals surface area contributed by atoms with E-state index in [9.17, 15) is 9.59 Å². The summed E-state index contributed by atoms with van der Waals surface area (Å²) in [5.41, 5.74) is 5.23. The number of nitrogens with zero attached hydrogens (tertiary/aromatic N) is 1. The second-order valence-electron chi connectivity index (χ2n) is 5.09. The first kappa shape index (κ1) is 18.0. The lowest BCUT2D eigenvalue weighted by Gasteiger charge is -2.06. The maximum Gasteiger partial charge on any atom is 0.329 e. The van der Waals surface area contributed by atoms with Crippen molar-refractivity contribution in [3.05, 3.63) is 63.1 Å². The van der Waals surface area contributed by atoms with Crippen molar-refractivity contribution in [1.82, 2.24) is 5.43 Å². The van der Waals surface area contributed by atoms with Gasteiger partial charge >= 0.3 is 11.8 Å². The Morgan fingerprint density at radius 3 is 2.29 bits per heavy atom. The van der Waals surface area contributed by atoms with Crippen LogP contribution in [0.25, 0.3) is 0 Å². The molecule has 124 valence electrons. The lowest BCUT2D eigenvalue weighted by Crippen LogP contribution is -2.32. The van der Waals surface area contributed by atoms with Crippen LogP contribution in [0, 0.1) is 13.8 Å². The molecular formula is C17H15Cl2N3O2. The molecule has 2 aromatic carbocycles. The number of rotatable bonds is 3. The van der Waals surface area contributed by atoms with Gasteiger partial charge in [0.1, 0.15) is 0 Å². The van der Waals surface area contributed by atoms with Gasteiger partial charge in [0, 0.05) is 11.3 Å². The number of hydrogen-bond acceptors (Lipinski definition) is 3. The van der Waals surface area contributed by atoms with Crippen LogP contribution in [0.15, 0.2) is 41.5 Å². The summed E-state index contributed by atoms with van der Waals surface area (Å²) in [6.45, 7) is 3.88. The first-order chi connectivity index (χ1) is 11.4. The lowest BCUT2D eigenvalue weighted by atomic mass is 10.1. The number of hydrogen-bond donors (Lipinski definition) is 2. The van der Waals surface area contributed by atoms with E-state index in [2.05, 4.69) is 15.8 Å². The molecule has 0 aliphatic heterocycles. The van der Waals surface area contributed by atoms with Crippen molar-refractivity contribution in [3.63, 3.8) is 0 Å². The van der Waals surface area contributed by atoms with Crippen LogP contribution >= 0.6 is 23.2 Å². The molecule has 0 atom stereocenters. The molecular weight excluding hydrogens is 349 g/mol. The lowest BCUT2D eigenvalue weighted by molar-refractivity contribution is -0.136. The fourth-order valence-electron chi connectivity index (χ4n) is 1.85. The second kappa shape index (κ2) is 7.95. The summed E-state index contributed by atoms with van der Waals surface area (Å²) in [5.74, 6) is -1.71. The van der Waals surface area contributed by atoms with Gasteiger partial charge in [-0.1, -0.05) is 35.3 Å². The van der Waals surface area contributed by atoms with E-state index in [4.69, 9.17) is 23.2 Å². The van der Waals surface area contributed by atoms with Gasteiger partial charge in [0.2, 0.25) is 0 Å². The summed E-state index contributed by atoms with van der Waals surface area (Å²) in [7, 11) is 0. The molecule has 0 bridgehead atoms. The summed E-state index contributed by atoms with van der Waals surface area (Å²) in [4.78, 5) is 23.6. The van der Waals surface area contributed by atoms with E-state index in [0.717, 1.165) is 11.1 Å². The molecule has 0 saturated heterocycles. The van der Waals surface area contributed by atoms with Gasteiger partial charge < -0.3 is 5.32 Å². The zero-order chi connectivity index (χ0) is 17.7. The van der Waals surface area contributed by atoms with Crippen LogP contribution in [-0.4, -0.2) is 18.0 Å². The molecule has 0 radical (unpaired) electrons. The monoisotopic (exact) mass is 363 g/mol. The summed E-state index contributed by atoms with van der Waals surface area (Å²) in [5, 5.41) is 6.99. The number of hydrazone groups is 1. The first-order valence-corrected chi connectivity index (χ1v) is 7.79. The molecule has 7 heteroatoms. The summed E-state index contributed by atoms with van der Waals surface area (Å²) in [6, 6.07) is 10.3. The van der Waals surface area contributed by atoms with Crippen molar-refractivity contribution in [2.24, 2.45) is 5.10 Å². The Bertz CT molecular complexity index is 799. The summed E-state index contributed by atoms with van der Waals surface area (Å²) < 4.78 is 0.